The van der Waals surface area contributed by atoms with Gasteiger partial charge in [0.2, 0.25) is 5.75 Å². The summed E-state index contributed by atoms with van der Waals surface area (Å²) in [5.74, 6) is 2.11. The maximum atomic E-state index is 12.8. The van der Waals surface area contributed by atoms with Gasteiger partial charge in [0.15, 0.2) is 11.5 Å². The first-order chi connectivity index (χ1) is 12.6. The number of amides is 2. The third kappa shape index (κ3) is 3.33. The van der Waals surface area contributed by atoms with Crippen LogP contribution in [0.3, 0.4) is 0 Å². The summed E-state index contributed by atoms with van der Waals surface area (Å²) in [5.41, 5.74) is 2.35. The van der Waals surface area contributed by atoms with E-state index in [0.29, 0.717) is 41.8 Å². The lowest BCUT2D eigenvalue weighted by Crippen LogP contribution is -2.40. The van der Waals surface area contributed by atoms with Crippen LogP contribution in [0, 0.1) is 6.92 Å². The van der Waals surface area contributed by atoms with Crippen molar-refractivity contribution < 1.29 is 23.7 Å². The van der Waals surface area contributed by atoms with Crippen LogP contribution in [0.25, 0.3) is 0 Å². The number of carbonyl (C=O) groups is 1. The summed E-state index contributed by atoms with van der Waals surface area (Å²) < 4.78 is 21.6. The summed E-state index contributed by atoms with van der Waals surface area (Å²) in [7, 11) is 4.60. The minimum atomic E-state index is -0.255. The third-order valence-corrected chi connectivity index (χ3v) is 4.14. The van der Waals surface area contributed by atoms with Gasteiger partial charge in [-0.3, -0.25) is 4.90 Å². The Hall–Kier alpha value is -3.09. The molecule has 7 nitrogen and oxygen atoms in total. The van der Waals surface area contributed by atoms with Gasteiger partial charge in [-0.25, -0.2) is 4.79 Å². The highest BCUT2D eigenvalue weighted by atomic mass is 16.5. The van der Waals surface area contributed by atoms with Crippen LogP contribution in [0.1, 0.15) is 5.56 Å². The molecule has 1 aliphatic heterocycles. The number of aryl methyl sites for hydroxylation is 1. The Balaban J connectivity index is 1.89. The summed E-state index contributed by atoms with van der Waals surface area (Å²) in [6.45, 7) is 2.88. The van der Waals surface area contributed by atoms with Crippen molar-refractivity contribution in [3.8, 4) is 23.0 Å². The lowest BCUT2D eigenvalue weighted by Gasteiger charge is -2.30. The number of hydrogen-bond acceptors (Lipinski definition) is 5. The average Bonchev–Trinajstić information content (AvgIpc) is 2.66. The molecule has 1 heterocycles. The van der Waals surface area contributed by atoms with Crippen molar-refractivity contribution in [2.75, 3.05) is 44.7 Å². The van der Waals surface area contributed by atoms with Gasteiger partial charge in [-0.2, -0.15) is 0 Å². The number of anilines is 2. The summed E-state index contributed by atoms with van der Waals surface area (Å²) >= 11 is 0. The molecular formula is C19H22N2O5. The quantitative estimate of drug-likeness (QED) is 0.907. The summed E-state index contributed by atoms with van der Waals surface area (Å²) in [4.78, 5) is 14.5. The number of urea groups is 1. The monoisotopic (exact) mass is 358 g/mol. The largest absolute Gasteiger partial charge is 0.493 e. The van der Waals surface area contributed by atoms with E-state index in [4.69, 9.17) is 18.9 Å². The fourth-order valence-corrected chi connectivity index (χ4v) is 2.88. The highest BCUT2D eigenvalue weighted by Crippen LogP contribution is 2.40. The van der Waals surface area contributed by atoms with E-state index in [1.54, 1.807) is 17.0 Å². The van der Waals surface area contributed by atoms with E-state index in [0.717, 1.165) is 11.3 Å². The molecule has 138 valence electrons. The Morgan fingerprint density at radius 1 is 1.08 bits per heavy atom. The van der Waals surface area contributed by atoms with Crippen molar-refractivity contribution in [3.63, 3.8) is 0 Å². The Labute approximate surface area is 152 Å². The fraction of sp³-hybridized carbons (Fsp3) is 0.316. The predicted octanol–water partition coefficient (Wildman–Crippen LogP) is 3.45. The first-order valence-electron chi connectivity index (χ1n) is 8.19. The molecule has 2 aromatic rings. The van der Waals surface area contributed by atoms with E-state index in [1.807, 2.05) is 25.1 Å². The number of fused-ring (bicyclic) bond motifs is 1. The van der Waals surface area contributed by atoms with Gasteiger partial charge < -0.3 is 24.3 Å². The number of hydrogen-bond donors (Lipinski definition) is 1. The van der Waals surface area contributed by atoms with Gasteiger partial charge >= 0.3 is 6.03 Å². The highest BCUT2D eigenvalue weighted by molar-refractivity contribution is 6.03. The predicted molar refractivity (Wildman–Crippen MR) is 99.1 cm³/mol. The number of nitrogens with one attached hydrogen (secondary N) is 1. The number of rotatable bonds is 4. The molecule has 26 heavy (non-hydrogen) atoms. The van der Waals surface area contributed by atoms with E-state index in [1.165, 1.54) is 21.3 Å². The van der Waals surface area contributed by atoms with E-state index in [-0.39, 0.29) is 6.03 Å². The molecule has 7 heteroatoms. The molecule has 0 spiro atoms. The van der Waals surface area contributed by atoms with Crippen molar-refractivity contribution in [1.82, 2.24) is 0 Å². The van der Waals surface area contributed by atoms with E-state index in [9.17, 15) is 4.79 Å². The molecule has 0 bridgehead atoms. The summed E-state index contributed by atoms with van der Waals surface area (Å²) in [6, 6.07) is 8.90. The third-order valence-electron chi connectivity index (χ3n) is 4.14. The van der Waals surface area contributed by atoms with Crippen LogP contribution in [0.15, 0.2) is 30.3 Å². The van der Waals surface area contributed by atoms with Crippen LogP contribution < -0.4 is 29.2 Å². The smallest absolute Gasteiger partial charge is 0.326 e. The van der Waals surface area contributed by atoms with Crippen molar-refractivity contribution in [2.24, 2.45) is 0 Å². The zero-order valence-corrected chi connectivity index (χ0v) is 15.3. The lowest BCUT2D eigenvalue weighted by molar-refractivity contribution is 0.250. The average molecular weight is 358 g/mol. The van der Waals surface area contributed by atoms with Crippen LogP contribution in [-0.4, -0.2) is 40.5 Å². The Morgan fingerprint density at radius 3 is 2.38 bits per heavy atom. The summed E-state index contributed by atoms with van der Waals surface area (Å²) in [6.07, 6.45) is 0. The molecule has 0 saturated heterocycles. The van der Waals surface area contributed by atoms with Crippen LogP contribution in [0.4, 0.5) is 16.2 Å². The van der Waals surface area contributed by atoms with E-state index in [2.05, 4.69) is 5.32 Å². The molecule has 0 fully saturated rings. The molecule has 2 amide bonds. The zero-order chi connectivity index (χ0) is 18.7. The first-order valence-corrected chi connectivity index (χ1v) is 8.19. The molecule has 3 rings (SSSR count). The Bertz CT molecular complexity index is 797. The first kappa shape index (κ1) is 17.7. The van der Waals surface area contributed by atoms with Crippen molar-refractivity contribution >= 4 is 17.4 Å². The van der Waals surface area contributed by atoms with Gasteiger partial charge in [-0.1, -0.05) is 6.07 Å². The van der Waals surface area contributed by atoms with Crippen molar-refractivity contribution in [1.29, 1.82) is 0 Å². The van der Waals surface area contributed by atoms with Crippen LogP contribution in [-0.2, 0) is 0 Å². The van der Waals surface area contributed by atoms with Gasteiger partial charge in [0.25, 0.3) is 0 Å². The van der Waals surface area contributed by atoms with Gasteiger partial charge in [0, 0.05) is 12.1 Å². The molecule has 1 aliphatic rings. The molecule has 1 N–H and O–H groups in total. The maximum Gasteiger partial charge on any atom is 0.326 e. The number of ether oxygens (including phenoxy) is 4. The second kappa shape index (κ2) is 7.43. The second-order valence-corrected chi connectivity index (χ2v) is 5.82. The molecule has 0 radical (unpaired) electrons. The van der Waals surface area contributed by atoms with E-state index < -0.39 is 0 Å². The van der Waals surface area contributed by atoms with Crippen molar-refractivity contribution in [3.05, 3.63) is 35.9 Å². The minimum Gasteiger partial charge on any atom is -0.493 e. The molecule has 0 unspecified atom stereocenters. The maximum absolute atomic E-state index is 12.8. The van der Waals surface area contributed by atoms with Gasteiger partial charge in [-0.05, 0) is 24.6 Å². The van der Waals surface area contributed by atoms with Gasteiger partial charge in [-0.15, -0.1) is 0 Å². The molecule has 0 aromatic heterocycles. The van der Waals surface area contributed by atoms with Crippen LogP contribution in [0.5, 0.6) is 23.0 Å². The van der Waals surface area contributed by atoms with Gasteiger partial charge in [0.1, 0.15) is 12.4 Å². The standard InChI is InChI=1S/C19H22N2O5/c1-12-5-6-15-14(9-12)21(7-8-26-15)19(22)20-13-10-16(23-2)18(25-4)17(11-13)24-3/h5-6,9-11H,7-8H2,1-4H3,(H,20,22). The molecular weight excluding hydrogens is 336 g/mol. The van der Waals surface area contributed by atoms with Crippen molar-refractivity contribution in [2.45, 2.75) is 6.92 Å². The minimum absolute atomic E-state index is 0.255. The van der Waals surface area contributed by atoms with E-state index >= 15 is 0 Å². The molecule has 2 aromatic carbocycles. The zero-order valence-electron chi connectivity index (χ0n) is 15.3. The number of methoxy groups -OCH3 is 3. The number of nitrogens with zero attached hydrogens (tertiary/aromatic N) is 1. The number of carbonyl (C=O) groups excluding carboxylic acids is 1. The SMILES string of the molecule is COc1cc(NC(=O)N2CCOc3ccc(C)cc32)cc(OC)c1OC. The fourth-order valence-electron chi connectivity index (χ4n) is 2.88. The van der Waals surface area contributed by atoms with Crippen LogP contribution in [0.2, 0.25) is 0 Å². The Morgan fingerprint density at radius 2 is 1.77 bits per heavy atom. The lowest BCUT2D eigenvalue weighted by atomic mass is 10.1. The highest BCUT2D eigenvalue weighted by Gasteiger charge is 2.24. The second-order valence-electron chi connectivity index (χ2n) is 5.82. The van der Waals surface area contributed by atoms with Crippen LogP contribution >= 0.6 is 0 Å². The number of benzene rings is 2. The topological polar surface area (TPSA) is 69.3 Å². The molecule has 0 aliphatic carbocycles. The molecule has 0 atom stereocenters. The summed E-state index contributed by atoms with van der Waals surface area (Å²) in [5, 5.41) is 2.89. The Kier molecular flexibility index (Phi) is 5.06. The normalized spacial score (nSPS) is 12.7. The van der Waals surface area contributed by atoms with Gasteiger partial charge in [0.05, 0.1) is 39.2 Å². The molecule has 0 saturated carbocycles.